The number of carboxylic acid groups (broad SMARTS) is 1. The highest BCUT2D eigenvalue weighted by molar-refractivity contribution is 5.82. The smallest absolute Gasteiger partial charge is 0.459 e. The van der Waals surface area contributed by atoms with Crippen LogP contribution in [0, 0.1) is 0 Å². The van der Waals surface area contributed by atoms with Gasteiger partial charge in [0.15, 0.2) is 0 Å². The van der Waals surface area contributed by atoms with Crippen LogP contribution in [0.2, 0.25) is 0 Å². The van der Waals surface area contributed by atoms with E-state index in [1.54, 1.807) is 20.8 Å². The van der Waals surface area contributed by atoms with Crippen LogP contribution >= 0.6 is 0 Å². The first-order valence-electron chi connectivity index (χ1n) is 5.04. The Labute approximate surface area is 98.9 Å². The van der Waals surface area contributed by atoms with Crippen LogP contribution in [0.15, 0.2) is 0 Å². The highest BCUT2D eigenvalue weighted by Gasteiger charge is 2.23. The molecule has 1 atom stereocenters. The number of nitrogens with two attached hydrogens (primary N) is 1. The van der Waals surface area contributed by atoms with Crippen LogP contribution < -0.4 is 5.73 Å². The summed E-state index contributed by atoms with van der Waals surface area (Å²) >= 11 is 0. The van der Waals surface area contributed by atoms with Crippen molar-refractivity contribution in [3.63, 3.8) is 0 Å². The monoisotopic (exact) mass is 247 g/mol. The van der Waals surface area contributed by atoms with Crippen LogP contribution in [0.3, 0.4) is 0 Å². The summed E-state index contributed by atoms with van der Waals surface area (Å²) in [6.07, 6.45) is -1.96. The summed E-state index contributed by atoms with van der Waals surface area (Å²) in [4.78, 5) is 32.2. The topological polar surface area (TPSA) is 116 Å². The Balaban J connectivity index is 4.01. The Morgan fingerprint density at radius 3 is 2.24 bits per heavy atom. The first-order valence-corrected chi connectivity index (χ1v) is 5.04. The second-order valence-corrected chi connectivity index (χ2v) is 4.42. The summed E-state index contributed by atoms with van der Waals surface area (Å²) in [6, 6.07) is -0.976. The molecule has 0 amide bonds. The third kappa shape index (κ3) is 8.21. The molecular formula is C10H17NO6. The van der Waals surface area contributed by atoms with Gasteiger partial charge in [0.05, 0.1) is 0 Å². The van der Waals surface area contributed by atoms with Crippen LogP contribution in [0.5, 0.6) is 0 Å². The summed E-state index contributed by atoms with van der Waals surface area (Å²) in [6.45, 7) is 5.07. The van der Waals surface area contributed by atoms with Crippen molar-refractivity contribution in [2.24, 2.45) is 5.73 Å². The summed E-state index contributed by atoms with van der Waals surface area (Å²) in [5, 5.41) is 8.15. The number of hydrogen-bond donors (Lipinski definition) is 2. The minimum absolute atomic E-state index is 0.0268. The SMILES string of the molecule is CC(C)(C)OC(=O)[C@@H](N)CCC(=O)OC(=O)O. The van der Waals surface area contributed by atoms with Crippen LogP contribution in [0.1, 0.15) is 33.6 Å². The van der Waals surface area contributed by atoms with Crippen molar-refractivity contribution in [1.82, 2.24) is 0 Å². The first-order chi connectivity index (χ1) is 7.61. The molecule has 0 radical (unpaired) electrons. The molecule has 0 bridgehead atoms. The van der Waals surface area contributed by atoms with Crippen molar-refractivity contribution in [1.29, 1.82) is 0 Å². The third-order valence-electron chi connectivity index (χ3n) is 1.57. The predicted octanol–water partition coefficient (Wildman–Crippen LogP) is 0.657. The van der Waals surface area contributed by atoms with Gasteiger partial charge in [0, 0.05) is 6.42 Å². The maximum absolute atomic E-state index is 11.4. The second-order valence-electron chi connectivity index (χ2n) is 4.42. The highest BCUT2D eigenvalue weighted by Crippen LogP contribution is 2.09. The molecule has 0 spiro atoms. The van der Waals surface area contributed by atoms with E-state index in [0.29, 0.717) is 0 Å². The van der Waals surface area contributed by atoms with Crippen molar-refractivity contribution >= 4 is 18.1 Å². The fourth-order valence-electron chi connectivity index (χ4n) is 0.917. The van der Waals surface area contributed by atoms with E-state index in [0.717, 1.165) is 0 Å². The Bertz CT molecular complexity index is 306. The average Bonchev–Trinajstić information content (AvgIpc) is 2.10. The van der Waals surface area contributed by atoms with Gasteiger partial charge in [-0.1, -0.05) is 0 Å². The molecule has 0 unspecified atom stereocenters. The van der Waals surface area contributed by atoms with Crippen LogP contribution in [0.25, 0.3) is 0 Å². The summed E-state index contributed by atoms with van der Waals surface area (Å²) in [7, 11) is 0. The van der Waals surface area contributed by atoms with Gasteiger partial charge in [-0.05, 0) is 27.2 Å². The largest absolute Gasteiger partial charge is 0.513 e. The molecule has 7 nitrogen and oxygen atoms in total. The maximum Gasteiger partial charge on any atom is 0.513 e. The standard InChI is InChI=1S/C10H17NO6/c1-10(2,3)17-8(13)6(11)4-5-7(12)16-9(14)15/h6H,4-5,11H2,1-3H3,(H,14,15)/t6-/m0/s1. The van der Waals surface area contributed by atoms with Crippen molar-refractivity contribution in [2.75, 3.05) is 0 Å². The molecule has 0 aromatic rings. The molecule has 0 aliphatic carbocycles. The molecule has 0 saturated carbocycles. The average molecular weight is 247 g/mol. The van der Waals surface area contributed by atoms with Gasteiger partial charge < -0.3 is 20.3 Å². The Kier molecular flexibility index (Phi) is 5.60. The summed E-state index contributed by atoms with van der Waals surface area (Å²) in [5.74, 6) is -1.59. The van der Waals surface area contributed by atoms with E-state index in [4.69, 9.17) is 15.6 Å². The van der Waals surface area contributed by atoms with Gasteiger partial charge in [-0.25, -0.2) is 4.79 Å². The lowest BCUT2D eigenvalue weighted by Gasteiger charge is -2.21. The van der Waals surface area contributed by atoms with E-state index >= 15 is 0 Å². The van der Waals surface area contributed by atoms with Gasteiger partial charge in [0.1, 0.15) is 11.6 Å². The minimum atomic E-state index is -1.68. The number of rotatable bonds is 4. The molecule has 3 N–H and O–H groups in total. The fourth-order valence-corrected chi connectivity index (χ4v) is 0.917. The lowest BCUT2D eigenvalue weighted by molar-refractivity contribution is -0.156. The zero-order valence-corrected chi connectivity index (χ0v) is 10.1. The van der Waals surface area contributed by atoms with Gasteiger partial charge in [0.25, 0.3) is 0 Å². The molecule has 0 aromatic heterocycles. The Morgan fingerprint density at radius 1 is 1.29 bits per heavy atom. The molecular weight excluding hydrogens is 230 g/mol. The molecule has 98 valence electrons. The molecule has 0 aliphatic rings. The van der Waals surface area contributed by atoms with Gasteiger partial charge in [-0.15, -0.1) is 0 Å². The fraction of sp³-hybridized carbons (Fsp3) is 0.700. The predicted molar refractivity (Wildman–Crippen MR) is 57.2 cm³/mol. The van der Waals surface area contributed by atoms with Crippen LogP contribution in [0.4, 0.5) is 4.79 Å². The Morgan fingerprint density at radius 2 is 1.82 bits per heavy atom. The lowest BCUT2D eigenvalue weighted by atomic mass is 10.1. The second kappa shape index (κ2) is 6.19. The number of ether oxygens (including phenoxy) is 2. The molecule has 7 heteroatoms. The molecule has 0 heterocycles. The number of carbonyl (C=O) groups excluding carboxylic acids is 2. The quantitative estimate of drug-likeness (QED) is 0.553. The van der Waals surface area contributed by atoms with Crippen molar-refractivity contribution < 1.29 is 29.0 Å². The number of hydrogen-bond acceptors (Lipinski definition) is 6. The van der Waals surface area contributed by atoms with Gasteiger partial charge >= 0.3 is 18.1 Å². The minimum Gasteiger partial charge on any atom is -0.459 e. The molecule has 0 fully saturated rings. The normalized spacial score (nSPS) is 12.7. The molecule has 0 aromatic carbocycles. The highest BCUT2D eigenvalue weighted by atomic mass is 16.7. The number of esters is 2. The molecule has 17 heavy (non-hydrogen) atoms. The molecule has 0 saturated heterocycles. The van der Waals surface area contributed by atoms with E-state index in [1.807, 2.05) is 0 Å². The Hall–Kier alpha value is -1.63. The van der Waals surface area contributed by atoms with Crippen molar-refractivity contribution in [3.05, 3.63) is 0 Å². The van der Waals surface area contributed by atoms with Gasteiger partial charge in [-0.3, -0.25) is 9.59 Å². The lowest BCUT2D eigenvalue weighted by Crippen LogP contribution is -2.37. The van der Waals surface area contributed by atoms with Gasteiger partial charge in [0.2, 0.25) is 0 Å². The third-order valence-corrected chi connectivity index (χ3v) is 1.57. The summed E-state index contributed by atoms with van der Waals surface area (Å²) < 4.78 is 8.83. The van der Waals surface area contributed by atoms with Crippen molar-refractivity contribution in [3.8, 4) is 0 Å². The summed E-state index contributed by atoms with van der Waals surface area (Å²) in [5.41, 5.74) is 4.82. The zero-order chi connectivity index (χ0) is 13.6. The van der Waals surface area contributed by atoms with Crippen LogP contribution in [-0.2, 0) is 19.1 Å². The van der Waals surface area contributed by atoms with E-state index in [9.17, 15) is 14.4 Å². The first kappa shape index (κ1) is 15.4. The van der Waals surface area contributed by atoms with Crippen LogP contribution in [-0.4, -0.2) is 34.8 Å². The van der Waals surface area contributed by atoms with Crippen molar-refractivity contribution in [2.45, 2.75) is 45.3 Å². The maximum atomic E-state index is 11.4. The molecule has 0 aliphatic heterocycles. The number of carbonyl (C=O) groups is 3. The van der Waals surface area contributed by atoms with E-state index in [2.05, 4.69) is 4.74 Å². The van der Waals surface area contributed by atoms with Gasteiger partial charge in [-0.2, -0.15) is 0 Å². The zero-order valence-electron chi connectivity index (χ0n) is 10.1. The van der Waals surface area contributed by atoms with E-state index in [1.165, 1.54) is 0 Å². The molecule has 0 rings (SSSR count). The van der Waals surface area contributed by atoms with E-state index < -0.39 is 29.7 Å². The van der Waals surface area contributed by atoms with E-state index in [-0.39, 0.29) is 12.8 Å².